The summed E-state index contributed by atoms with van der Waals surface area (Å²) in [4.78, 5) is 4.72. The summed E-state index contributed by atoms with van der Waals surface area (Å²) in [7, 11) is 0. The van der Waals surface area contributed by atoms with Crippen LogP contribution in [0.1, 0.15) is 37.6 Å². The molecule has 1 aromatic carbocycles. The van der Waals surface area contributed by atoms with Crippen LogP contribution in [0.5, 0.6) is 0 Å². The van der Waals surface area contributed by atoms with Crippen molar-refractivity contribution in [3.05, 3.63) is 29.6 Å². The van der Waals surface area contributed by atoms with Crippen LogP contribution in [-0.4, -0.2) is 21.2 Å². The molecule has 3 N–H and O–H groups in total. The Hall–Kier alpha value is -1.39. The molecule has 1 heterocycles. The van der Waals surface area contributed by atoms with E-state index in [1.165, 1.54) is 0 Å². The third-order valence-corrected chi connectivity index (χ3v) is 3.38. The second-order valence-electron chi connectivity index (χ2n) is 4.91. The molecule has 0 aliphatic rings. The van der Waals surface area contributed by atoms with Gasteiger partial charge < -0.3 is 15.4 Å². The Kier molecular flexibility index (Phi) is 4.93. The molecule has 2 rings (SSSR count). The standard InChI is InChI=1S/C15H23N3O/c1-2-9-18-14-10-12(11-19)6-7-13(14)17-15(18)5-3-4-8-16/h6-7,10,19H,2-5,8-9,11,16H2,1H3. The monoisotopic (exact) mass is 261 g/mol. The van der Waals surface area contributed by atoms with Gasteiger partial charge in [0.1, 0.15) is 5.82 Å². The highest BCUT2D eigenvalue weighted by molar-refractivity contribution is 5.77. The minimum absolute atomic E-state index is 0.0791. The lowest BCUT2D eigenvalue weighted by Crippen LogP contribution is -2.05. The molecule has 104 valence electrons. The molecule has 0 saturated heterocycles. The van der Waals surface area contributed by atoms with E-state index >= 15 is 0 Å². The van der Waals surface area contributed by atoms with Gasteiger partial charge in [-0.15, -0.1) is 0 Å². The highest BCUT2D eigenvalue weighted by atomic mass is 16.3. The van der Waals surface area contributed by atoms with Crippen molar-refractivity contribution in [1.29, 1.82) is 0 Å². The van der Waals surface area contributed by atoms with Crippen LogP contribution in [0.25, 0.3) is 11.0 Å². The number of aliphatic hydroxyl groups excluding tert-OH is 1. The first-order chi connectivity index (χ1) is 9.30. The number of fused-ring (bicyclic) bond motifs is 1. The third kappa shape index (κ3) is 3.14. The quantitative estimate of drug-likeness (QED) is 0.751. The third-order valence-electron chi connectivity index (χ3n) is 3.38. The van der Waals surface area contributed by atoms with Crippen molar-refractivity contribution >= 4 is 11.0 Å². The van der Waals surface area contributed by atoms with Crippen LogP contribution in [0.15, 0.2) is 18.2 Å². The van der Waals surface area contributed by atoms with Gasteiger partial charge in [-0.3, -0.25) is 0 Å². The number of benzene rings is 1. The molecule has 0 unspecified atom stereocenters. The van der Waals surface area contributed by atoms with Crippen molar-refractivity contribution in [2.24, 2.45) is 5.73 Å². The van der Waals surface area contributed by atoms with Gasteiger partial charge in [-0.25, -0.2) is 4.98 Å². The first-order valence-electron chi connectivity index (χ1n) is 7.09. The van der Waals surface area contributed by atoms with E-state index < -0.39 is 0 Å². The molecule has 19 heavy (non-hydrogen) atoms. The SMILES string of the molecule is CCCn1c(CCCCN)nc2ccc(CO)cc21. The van der Waals surface area contributed by atoms with Gasteiger partial charge in [-0.05, 0) is 43.5 Å². The Bertz CT molecular complexity index is 533. The summed E-state index contributed by atoms with van der Waals surface area (Å²) in [5.74, 6) is 1.14. The molecule has 0 aliphatic carbocycles. The number of rotatable bonds is 7. The molecule has 0 spiro atoms. The fourth-order valence-electron chi connectivity index (χ4n) is 2.41. The van der Waals surface area contributed by atoms with E-state index in [9.17, 15) is 5.11 Å². The number of imidazole rings is 1. The Balaban J connectivity index is 2.36. The summed E-state index contributed by atoms with van der Waals surface area (Å²) >= 11 is 0. The molecule has 0 atom stereocenters. The molecular weight excluding hydrogens is 238 g/mol. The van der Waals surface area contributed by atoms with Gasteiger partial charge in [0.25, 0.3) is 0 Å². The van der Waals surface area contributed by atoms with Gasteiger partial charge in [0, 0.05) is 13.0 Å². The topological polar surface area (TPSA) is 64.1 Å². The minimum Gasteiger partial charge on any atom is -0.392 e. The van der Waals surface area contributed by atoms with Crippen molar-refractivity contribution < 1.29 is 5.11 Å². The lowest BCUT2D eigenvalue weighted by atomic mass is 10.2. The van der Waals surface area contributed by atoms with E-state index in [1.54, 1.807) is 0 Å². The Morgan fingerprint density at radius 1 is 1.32 bits per heavy atom. The van der Waals surface area contributed by atoms with E-state index in [0.29, 0.717) is 0 Å². The second-order valence-corrected chi connectivity index (χ2v) is 4.91. The number of aryl methyl sites for hydroxylation is 2. The van der Waals surface area contributed by atoms with Gasteiger partial charge in [0.05, 0.1) is 17.6 Å². The average Bonchev–Trinajstić information content (AvgIpc) is 2.77. The Morgan fingerprint density at radius 2 is 2.16 bits per heavy atom. The first-order valence-corrected chi connectivity index (χ1v) is 7.09. The highest BCUT2D eigenvalue weighted by Crippen LogP contribution is 2.20. The molecule has 0 aliphatic heterocycles. The lowest BCUT2D eigenvalue weighted by Gasteiger charge is -2.08. The zero-order chi connectivity index (χ0) is 13.7. The van der Waals surface area contributed by atoms with Crippen molar-refractivity contribution in [2.45, 2.75) is 45.8 Å². The molecule has 0 saturated carbocycles. The highest BCUT2D eigenvalue weighted by Gasteiger charge is 2.10. The summed E-state index contributed by atoms with van der Waals surface area (Å²) in [6.07, 6.45) is 4.17. The molecule has 4 nitrogen and oxygen atoms in total. The van der Waals surface area contributed by atoms with Crippen LogP contribution < -0.4 is 5.73 Å². The van der Waals surface area contributed by atoms with Crippen molar-refractivity contribution in [2.75, 3.05) is 6.54 Å². The van der Waals surface area contributed by atoms with Crippen LogP contribution in [0.2, 0.25) is 0 Å². The predicted molar refractivity (Wildman–Crippen MR) is 77.9 cm³/mol. The molecule has 4 heteroatoms. The van der Waals surface area contributed by atoms with E-state index in [2.05, 4.69) is 11.5 Å². The van der Waals surface area contributed by atoms with Crippen LogP contribution in [0, 0.1) is 0 Å². The number of nitrogens with two attached hydrogens (primary N) is 1. The fourth-order valence-corrected chi connectivity index (χ4v) is 2.41. The smallest absolute Gasteiger partial charge is 0.109 e. The van der Waals surface area contributed by atoms with Crippen LogP contribution in [0.4, 0.5) is 0 Å². The van der Waals surface area contributed by atoms with E-state index in [-0.39, 0.29) is 6.61 Å². The number of hydrogen-bond acceptors (Lipinski definition) is 3. The largest absolute Gasteiger partial charge is 0.392 e. The second kappa shape index (κ2) is 6.68. The Labute approximate surface area is 114 Å². The number of nitrogens with zero attached hydrogens (tertiary/aromatic N) is 2. The average molecular weight is 261 g/mol. The van der Waals surface area contributed by atoms with Crippen LogP contribution in [0.3, 0.4) is 0 Å². The number of hydrogen-bond donors (Lipinski definition) is 2. The number of aromatic nitrogens is 2. The molecule has 2 aromatic rings. The van der Waals surface area contributed by atoms with Gasteiger partial charge in [0.2, 0.25) is 0 Å². The number of unbranched alkanes of at least 4 members (excludes halogenated alkanes) is 1. The maximum Gasteiger partial charge on any atom is 0.109 e. The predicted octanol–water partition coefficient (Wildman–Crippen LogP) is 2.22. The Morgan fingerprint density at radius 3 is 2.84 bits per heavy atom. The van der Waals surface area contributed by atoms with Crippen molar-refractivity contribution in [3.63, 3.8) is 0 Å². The van der Waals surface area contributed by atoms with E-state index in [1.807, 2.05) is 18.2 Å². The zero-order valence-corrected chi connectivity index (χ0v) is 11.6. The molecule has 0 bridgehead atoms. The van der Waals surface area contributed by atoms with Gasteiger partial charge in [-0.1, -0.05) is 13.0 Å². The maximum absolute atomic E-state index is 9.25. The maximum atomic E-state index is 9.25. The van der Waals surface area contributed by atoms with Gasteiger partial charge in [0.15, 0.2) is 0 Å². The summed E-state index contributed by atoms with van der Waals surface area (Å²) < 4.78 is 2.28. The summed E-state index contributed by atoms with van der Waals surface area (Å²) in [6, 6.07) is 5.99. The molecule has 1 aromatic heterocycles. The first kappa shape index (κ1) is 14.0. The summed E-state index contributed by atoms with van der Waals surface area (Å²) in [5.41, 5.74) is 8.65. The molecule has 0 fully saturated rings. The minimum atomic E-state index is 0.0791. The molecular formula is C15H23N3O. The van der Waals surface area contributed by atoms with E-state index in [4.69, 9.17) is 10.7 Å². The lowest BCUT2D eigenvalue weighted by molar-refractivity contribution is 0.282. The zero-order valence-electron chi connectivity index (χ0n) is 11.6. The summed E-state index contributed by atoms with van der Waals surface area (Å²) in [6.45, 7) is 3.97. The van der Waals surface area contributed by atoms with Gasteiger partial charge >= 0.3 is 0 Å². The number of aliphatic hydroxyl groups is 1. The normalized spacial score (nSPS) is 11.3. The fraction of sp³-hybridized carbons (Fsp3) is 0.533. The van der Waals surface area contributed by atoms with Crippen molar-refractivity contribution in [3.8, 4) is 0 Å². The summed E-state index contributed by atoms with van der Waals surface area (Å²) in [5, 5.41) is 9.25. The molecule has 0 amide bonds. The van der Waals surface area contributed by atoms with Crippen LogP contribution in [-0.2, 0) is 19.6 Å². The van der Waals surface area contributed by atoms with Crippen molar-refractivity contribution in [1.82, 2.24) is 9.55 Å². The van der Waals surface area contributed by atoms with E-state index in [0.717, 1.165) is 61.2 Å². The van der Waals surface area contributed by atoms with Gasteiger partial charge in [-0.2, -0.15) is 0 Å². The van der Waals surface area contributed by atoms with Crippen LogP contribution >= 0.6 is 0 Å². The molecule has 0 radical (unpaired) electrons.